The van der Waals surface area contributed by atoms with Gasteiger partial charge in [-0.15, -0.1) is 12.4 Å². The van der Waals surface area contributed by atoms with Gasteiger partial charge in [0, 0.05) is 18.4 Å². The largest absolute Gasteiger partial charge is 0.493 e. The van der Waals surface area contributed by atoms with Gasteiger partial charge in [-0.2, -0.15) is 0 Å². The lowest BCUT2D eigenvalue weighted by molar-refractivity contribution is -0.131. The fourth-order valence-corrected chi connectivity index (χ4v) is 1.62. The maximum atomic E-state index is 11.0. The minimum Gasteiger partial charge on any atom is -0.493 e. The second kappa shape index (κ2) is 5.84. The molecule has 5 nitrogen and oxygen atoms in total. The summed E-state index contributed by atoms with van der Waals surface area (Å²) in [5, 5.41) is 0.900. The lowest BCUT2D eigenvalue weighted by Crippen LogP contribution is -2.03. The first-order valence-corrected chi connectivity index (χ1v) is 5.16. The molecule has 0 spiro atoms. The van der Waals surface area contributed by atoms with E-state index in [0.717, 1.165) is 0 Å². The van der Waals surface area contributed by atoms with Crippen molar-refractivity contribution in [2.24, 2.45) is 0 Å². The summed E-state index contributed by atoms with van der Waals surface area (Å²) in [6.07, 6.45) is 1.36. The molecule has 0 bridgehead atoms. The molecule has 0 radical (unpaired) electrons. The van der Waals surface area contributed by atoms with Crippen LogP contribution in [0.5, 0.6) is 11.5 Å². The quantitative estimate of drug-likeness (QED) is 0.483. The second-order valence-electron chi connectivity index (χ2n) is 3.28. The topological polar surface area (TPSA) is 61.3 Å². The van der Waals surface area contributed by atoms with Crippen molar-refractivity contribution in [3.8, 4) is 11.5 Å². The second-order valence-corrected chi connectivity index (χ2v) is 3.64. The Morgan fingerprint density at radius 3 is 2.61 bits per heavy atom. The number of methoxy groups -OCH3 is 1. The molecule has 1 heterocycles. The monoisotopic (exact) mass is 288 g/mol. The van der Waals surface area contributed by atoms with Gasteiger partial charge >= 0.3 is 5.97 Å². The highest BCUT2D eigenvalue weighted by molar-refractivity contribution is 6.34. The van der Waals surface area contributed by atoms with Gasteiger partial charge in [0.1, 0.15) is 11.5 Å². The Morgan fingerprint density at radius 2 is 2.00 bits per heavy atom. The average molecular weight is 289 g/mol. The van der Waals surface area contributed by atoms with Crippen LogP contribution >= 0.6 is 24.0 Å². The van der Waals surface area contributed by atoms with Gasteiger partial charge in [-0.05, 0) is 6.07 Å². The molecule has 2 rings (SSSR count). The van der Waals surface area contributed by atoms with Crippen LogP contribution in [-0.4, -0.2) is 23.0 Å². The molecule has 0 fully saturated rings. The lowest BCUT2D eigenvalue weighted by Gasteiger charge is -2.09. The molecule has 96 valence electrons. The summed E-state index contributed by atoms with van der Waals surface area (Å²) in [5.41, 5.74) is 0.623. The Kier molecular flexibility index (Phi) is 4.69. The zero-order valence-corrected chi connectivity index (χ0v) is 11.2. The number of aromatic nitrogens is 2. The molecule has 0 aliphatic heterocycles. The summed E-state index contributed by atoms with van der Waals surface area (Å²) < 4.78 is 10.1. The molecule has 0 atom stereocenters. The van der Waals surface area contributed by atoms with Crippen molar-refractivity contribution in [3.63, 3.8) is 0 Å². The molecule has 18 heavy (non-hydrogen) atoms. The number of esters is 1. The Hall–Kier alpha value is -1.59. The van der Waals surface area contributed by atoms with Crippen LogP contribution in [0.15, 0.2) is 18.5 Å². The van der Waals surface area contributed by atoms with E-state index in [1.165, 1.54) is 20.4 Å². The van der Waals surface area contributed by atoms with Crippen LogP contribution in [0.3, 0.4) is 0 Å². The van der Waals surface area contributed by atoms with Gasteiger partial charge in [-0.1, -0.05) is 11.6 Å². The Bertz CT molecular complexity index is 590. The van der Waals surface area contributed by atoms with Crippen molar-refractivity contribution in [3.05, 3.63) is 23.6 Å². The zero-order valence-electron chi connectivity index (χ0n) is 9.64. The number of fused-ring (bicyclic) bond motifs is 1. The van der Waals surface area contributed by atoms with E-state index in [1.54, 1.807) is 12.1 Å². The van der Waals surface area contributed by atoms with Crippen LogP contribution in [0.2, 0.25) is 5.15 Å². The maximum Gasteiger partial charge on any atom is 0.308 e. The predicted octanol–water partition coefficient (Wildman–Crippen LogP) is 2.64. The van der Waals surface area contributed by atoms with Crippen molar-refractivity contribution in [1.29, 1.82) is 0 Å². The SMILES string of the molecule is COc1cc2ncnc(Cl)c2cc1OC(C)=O.Cl. The molecule has 7 heteroatoms. The van der Waals surface area contributed by atoms with E-state index in [0.29, 0.717) is 27.6 Å². The number of halogens is 2. The third-order valence-electron chi connectivity index (χ3n) is 2.13. The van der Waals surface area contributed by atoms with Gasteiger partial charge in [0.25, 0.3) is 0 Å². The zero-order chi connectivity index (χ0) is 12.4. The fraction of sp³-hybridized carbons (Fsp3) is 0.182. The van der Waals surface area contributed by atoms with Crippen LogP contribution in [0.1, 0.15) is 6.92 Å². The van der Waals surface area contributed by atoms with Crippen LogP contribution in [0.25, 0.3) is 10.9 Å². The number of hydrogen-bond donors (Lipinski definition) is 0. The number of benzene rings is 1. The summed E-state index contributed by atoms with van der Waals surface area (Å²) in [5.74, 6) is 0.280. The van der Waals surface area contributed by atoms with Crippen LogP contribution < -0.4 is 9.47 Å². The fourth-order valence-electron chi connectivity index (χ4n) is 1.43. The van der Waals surface area contributed by atoms with E-state index in [1.807, 2.05) is 0 Å². The van der Waals surface area contributed by atoms with E-state index in [-0.39, 0.29) is 12.4 Å². The van der Waals surface area contributed by atoms with Gasteiger partial charge in [-0.3, -0.25) is 4.79 Å². The summed E-state index contributed by atoms with van der Waals surface area (Å²) in [6, 6.07) is 3.22. The number of ether oxygens (including phenoxy) is 2. The van der Waals surface area contributed by atoms with E-state index in [9.17, 15) is 4.79 Å². The maximum absolute atomic E-state index is 11.0. The van der Waals surface area contributed by atoms with Crippen LogP contribution in [0.4, 0.5) is 0 Å². The number of hydrogen-bond acceptors (Lipinski definition) is 5. The molecule has 0 amide bonds. The van der Waals surface area contributed by atoms with E-state index in [2.05, 4.69) is 9.97 Å². The van der Waals surface area contributed by atoms with Crippen LogP contribution in [0, 0.1) is 0 Å². The van der Waals surface area contributed by atoms with Crippen molar-refractivity contribution in [2.75, 3.05) is 7.11 Å². The Morgan fingerprint density at radius 1 is 1.28 bits per heavy atom. The van der Waals surface area contributed by atoms with E-state index < -0.39 is 5.97 Å². The number of nitrogens with zero attached hydrogens (tertiary/aromatic N) is 2. The highest BCUT2D eigenvalue weighted by Crippen LogP contribution is 2.33. The molecule has 0 N–H and O–H groups in total. The highest BCUT2D eigenvalue weighted by atomic mass is 35.5. The first kappa shape index (κ1) is 14.5. The summed E-state index contributed by atoms with van der Waals surface area (Å²) in [6.45, 7) is 1.31. The summed E-state index contributed by atoms with van der Waals surface area (Å²) in [4.78, 5) is 18.9. The molecular weight excluding hydrogens is 279 g/mol. The number of rotatable bonds is 2. The molecular formula is C11H10Cl2N2O3. The van der Waals surface area contributed by atoms with Crippen molar-refractivity contribution in [2.45, 2.75) is 6.92 Å². The molecule has 0 saturated carbocycles. The molecule has 0 unspecified atom stereocenters. The standard InChI is InChI=1S/C11H9ClN2O3.ClH/c1-6(15)17-10-3-7-8(4-9(10)16-2)13-5-14-11(7)12;/h3-5H,1-2H3;1H. The molecule has 0 aliphatic rings. The molecule has 1 aromatic heterocycles. The normalized spacial score (nSPS) is 9.72. The third-order valence-corrected chi connectivity index (χ3v) is 2.43. The molecule has 2 aromatic rings. The Balaban J connectivity index is 0.00000162. The first-order chi connectivity index (χ1) is 8.11. The highest BCUT2D eigenvalue weighted by Gasteiger charge is 2.11. The lowest BCUT2D eigenvalue weighted by atomic mass is 10.2. The third kappa shape index (κ3) is 2.80. The van der Waals surface area contributed by atoms with Gasteiger partial charge in [0.15, 0.2) is 11.5 Å². The van der Waals surface area contributed by atoms with E-state index in [4.69, 9.17) is 21.1 Å². The summed E-state index contributed by atoms with van der Waals surface area (Å²) >= 11 is 5.93. The van der Waals surface area contributed by atoms with Crippen LogP contribution in [-0.2, 0) is 4.79 Å². The number of carbonyl (C=O) groups is 1. The number of carbonyl (C=O) groups excluding carboxylic acids is 1. The average Bonchev–Trinajstić information content (AvgIpc) is 2.29. The smallest absolute Gasteiger partial charge is 0.308 e. The minimum absolute atomic E-state index is 0. The Labute approximate surface area is 114 Å². The van der Waals surface area contributed by atoms with E-state index >= 15 is 0 Å². The van der Waals surface area contributed by atoms with Gasteiger partial charge < -0.3 is 9.47 Å². The van der Waals surface area contributed by atoms with Gasteiger partial charge in [-0.25, -0.2) is 9.97 Å². The van der Waals surface area contributed by atoms with Gasteiger partial charge in [0.2, 0.25) is 0 Å². The van der Waals surface area contributed by atoms with Crippen molar-refractivity contribution >= 4 is 40.9 Å². The first-order valence-electron chi connectivity index (χ1n) is 4.78. The predicted molar refractivity (Wildman–Crippen MR) is 69.7 cm³/mol. The molecule has 0 saturated heterocycles. The molecule has 0 aliphatic carbocycles. The van der Waals surface area contributed by atoms with Crippen molar-refractivity contribution in [1.82, 2.24) is 9.97 Å². The minimum atomic E-state index is -0.435. The summed E-state index contributed by atoms with van der Waals surface area (Å²) in [7, 11) is 1.48. The van der Waals surface area contributed by atoms with Crippen molar-refractivity contribution < 1.29 is 14.3 Å². The van der Waals surface area contributed by atoms with Gasteiger partial charge in [0.05, 0.1) is 12.6 Å². The molecule has 1 aromatic carbocycles.